The van der Waals surface area contributed by atoms with Gasteiger partial charge < -0.3 is 14.3 Å². The number of hydrogen-bond acceptors (Lipinski definition) is 4. The van der Waals surface area contributed by atoms with E-state index in [2.05, 4.69) is 28.1 Å². The van der Waals surface area contributed by atoms with Crippen LogP contribution in [-0.2, 0) is 6.42 Å². The van der Waals surface area contributed by atoms with Gasteiger partial charge in [0.1, 0.15) is 17.0 Å². The minimum absolute atomic E-state index is 0.0611. The Morgan fingerprint density at radius 2 is 1.85 bits per heavy atom. The Kier molecular flexibility index (Phi) is 4.79. The fraction of sp³-hybridized carbons (Fsp3) is 0.259. The summed E-state index contributed by atoms with van der Waals surface area (Å²) in [6.07, 6.45) is 5.79. The summed E-state index contributed by atoms with van der Waals surface area (Å²) in [5, 5.41) is 5.90. The summed E-state index contributed by atoms with van der Waals surface area (Å²) in [5.74, 6) is 0. The Hall–Kier alpha value is -3.80. The highest BCUT2D eigenvalue weighted by Crippen LogP contribution is 2.34. The minimum atomic E-state index is -0.0611. The molecule has 1 N–H and O–H groups in total. The summed E-state index contributed by atoms with van der Waals surface area (Å²) >= 11 is 0. The van der Waals surface area contributed by atoms with Crippen molar-refractivity contribution in [2.45, 2.75) is 32.6 Å². The van der Waals surface area contributed by atoms with Crippen LogP contribution in [0.2, 0.25) is 0 Å². The lowest BCUT2D eigenvalue weighted by Gasteiger charge is -2.28. The second kappa shape index (κ2) is 7.96. The van der Waals surface area contributed by atoms with Gasteiger partial charge in [0.2, 0.25) is 0 Å². The van der Waals surface area contributed by atoms with E-state index in [4.69, 9.17) is 9.52 Å². The highest BCUT2D eigenvalue weighted by Gasteiger charge is 2.25. The van der Waals surface area contributed by atoms with Crippen molar-refractivity contribution in [3.05, 3.63) is 88.0 Å². The van der Waals surface area contributed by atoms with Crippen molar-refractivity contribution >= 4 is 22.3 Å². The average Bonchev–Trinajstić information content (AvgIpc) is 3.47. The van der Waals surface area contributed by atoms with Crippen LogP contribution in [0.4, 0.5) is 5.69 Å². The molecule has 5 aromatic rings. The van der Waals surface area contributed by atoms with Crippen LogP contribution in [0, 0.1) is 6.92 Å². The molecule has 0 saturated carbocycles. The van der Waals surface area contributed by atoms with Crippen LogP contribution in [0.25, 0.3) is 27.9 Å². The van der Waals surface area contributed by atoms with E-state index in [0.717, 1.165) is 76.3 Å². The summed E-state index contributed by atoms with van der Waals surface area (Å²) in [7, 11) is 0. The van der Waals surface area contributed by atoms with Crippen LogP contribution in [0.1, 0.15) is 36.1 Å². The molecule has 0 amide bonds. The molecule has 1 aliphatic rings. The molecule has 1 aliphatic heterocycles. The van der Waals surface area contributed by atoms with Crippen LogP contribution >= 0.6 is 0 Å². The SMILES string of the molecule is Cc1[nH]c2c(N3CCCCC3)c(-c3ccccc3)nn2c(=O)c1Cc1ccc2occc2c1. The van der Waals surface area contributed by atoms with Crippen LogP contribution in [0.3, 0.4) is 0 Å². The number of piperidine rings is 1. The summed E-state index contributed by atoms with van der Waals surface area (Å²) in [4.78, 5) is 19.6. The summed E-state index contributed by atoms with van der Waals surface area (Å²) in [6.45, 7) is 3.95. The van der Waals surface area contributed by atoms with E-state index < -0.39 is 0 Å². The molecule has 0 atom stereocenters. The molecular formula is C27H26N4O2. The van der Waals surface area contributed by atoms with Crippen LogP contribution in [0.5, 0.6) is 0 Å². The molecule has 6 heteroatoms. The Morgan fingerprint density at radius 3 is 2.67 bits per heavy atom. The third-order valence-electron chi connectivity index (χ3n) is 6.69. The Balaban J connectivity index is 1.51. The number of benzene rings is 2. The first-order chi connectivity index (χ1) is 16.2. The van der Waals surface area contributed by atoms with Gasteiger partial charge in [-0.1, -0.05) is 36.4 Å². The lowest BCUT2D eigenvalue weighted by Crippen LogP contribution is -2.30. The lowest BCUT2D eigenvalue weighted by atomic mass is 10.0. The van der Waals surface area contributed by atoms with Crippen molar-refractivity contribution in [2.75, 3.05) is 18.0 Å². The van der Waals surface area contributed by atoms with E-state index in [1.165, 1.54) is 6.42 Å². The molecule has 1 fully saturated rings. The molecule has 2 aromatic carbocycles. The van der Waals surface area contributed by atoms with Gasteiger partial charge in [0.15, 0.2) is 5.65 Å². The van der Waals surface area contributed by atoms with Crippen molar-refractivity contribution in [1.29, 1.82) is 0 Å². The molecule has 166 valence electrons. The topological polar surface area (TPSA) is 66.5 Å². The maximum atomic E-state index is 13.7. The molecule has 0 aliphatic carbocycles. The largest absolute Gasteiger partial charge is 0.464 e. The zero-order valence-electron chi connectivity index (χ0n) is 18.7. The molecular weight excluding hydrogens is 412 g/mol. The maximum Gasteiger partial charge on any atom is 0.278 e. The molecule has 0 radical (unpaired) electrons. The minimum Gasteiger partial charge on any atom is -0.464 e. The van der Waals surface area contributed by atoms with Crippen molar-refractivity contribution < 1.29 is 4.42 Å². The quantitative estimate of drug-likeness (QED) is 0.412. The molecule has 4 heterocycles. The summed E-state index contributed by atoms with van der Waals surface area (Å²) in [5.41, 5.74) is 7.19. The van der Waals surface area contributed by atoms with Crippen molar-refractivity contribution in [2.24, 2.45) is 0 Å². The number of nitrogens with one attached hydrogen (secondary N) is 1. The molecule has 6 nitrogen and oxygen atoms in total. The first-order valence-corrected chi connectivity index (χ1v) is 11.6. The van der Waals surface area contributed by atoms with Gasteiger partial charge in [-0.25, -0.2) is 0 Å². The second-order valence-corrected chi connectivity index (χ2v) is 8.87. The number of aromatic amines is 1. The molecule has 3 aromatic heterocycles. The predicted octanol–water partition coefficient (Wildman–Crippen LogP) is 5.33. The third kappa shape index (κ3) is 3.42. The van der Waals surface area contributed by atoms with Gasteiger partial charge in [0.25, 0.3) is 5.56 Å². The zero-order chi connectivity index (χ0) is 22.4. The molecule has 6 rings (SSSR count). The molecule has 1 saturated heterocycles. The van der Waals surface area contributed by atoms with Gasteiger partial charge in [-0.3, -0.25) is 4.79 Å². The van der Waals surface area contributed by atoms with E-state index in [-0.39, 0.29) is 5.56 Å². The average molecular weight is 439 g/mol. The Labute approximate surface area is 191 Å². The number of anilines is 1. The van der Waals surface area contributed by atoms with Crippen molar-refractivity contribution in [3.8, 4) is 11.3 Å². The molecule has 0 spiro atoms. The van der Waals surface area contributed by atoms with Crippen LogP contribution in [0.15, 0.2) is 70.1 Å². The van der Waals surface area contributed by atoms with Gasteiger partial charge in [0, 0.05) is 41.7 Å². The van der Waals surface area contributed by atoms with Gasteiger partial charge in [-0.05, 0) is 49.9 Å². The molecule has 33 heavy (non-hydrogen) atoms. The number of fused-ring (bicyclic) bond motifs is 2. The van der Waals surface area contributed by atoms with Gasteiger partial charge in [0.05, 0.1) is 6.26 Å². The summed E-state index contributed by atoms with van der Waals surface area (Å²) < 4.78 is 7.03. The monoisotopic (exact) mass is 438 g/mol. The maximum absolute atomic E-state index is 13.7. The van der Waals surface area contributed by atoms with E-state index >= 15 is 0 Å². The smallest absolute Gasteiger partial charge is 0.278 e. The number of rotatable bonds is 4. The van der Waals surface area contributed by atoms with E-state index in [1.54, 1.807) is 10.8 Å². The number of hydrogen-bond donors (Lipinski definition) is 1. The van der Waals surface area contributed by atoms with Crippen molar-refractivity contribution in [3.63, 3.8) is 0 Å². The van der Waals surface area contributed by atoms with Gasteiger partial charge >= 0.3 is 0 Å². The van der Waals surface area contributed by atoms with Crippen LogP contribution in [-0.4, -0.2) is 27.7 Å². The molecule has 0 unspecified atom stereocenters. The number of furan rings is 1. The fourth-order valence-corrected chi connectivity index (χ4v) is 4.96. The van der Waals surface area contributed by atoms with Crippen molar-refractivity contribution in [1.82, 2.24) is 14.6 Å². The fourth-order valence-electron chi connectivity index (χ4n) is 4.96. The number of aromatic nitrogens is 3. The predicted molar refractivity (Wildman–Crippen MR) is 131 cm³/mol. The molecule has 0 bridgehead atoms. The first kappa shape index (κ1) is 19.9. The lowest BCUT2D eigenvalue weighted by molar-refractivity contribution is 0.579. The number of aryl methyl sites for hydroxylation is 1. The van der Waals surface area contributed by atoms with E-state index in [9.17, 15) is 4.79 Å². The highest BCUT2D eigenvalue weighted by molar-refractivity contribution is 5.86. The van der Waals surface area contributed by atoms with Crippen LogP contribution < -0.4 is 10.5 Å². The van der Waals surface area contributed by atoms with Gasteiger partial charge in [-0.2, -0.15) is 9.61 Å². The Bertz CT molecular complexity index is 1500. The first-order valence-electron chi connectivity index (χ1n) is 11.6. The van der Waals surface area contributed by atoms with E-state index in [0.29, 0.717) is 6.42 Å². The van der Waals surface area contributed by atoms with E-state index in [1.807, 2.05) is 43.3 Å². The normalized spacial score (nSPS) is 14.4. The van der Waals surface area contributed by atoms with Gasteiger partial charge in [-0.15, -0.1) is 0 Å². The Morgan fingerprint density at radius 1 is 1.03 bits per heavy atom. The number of H-pyrrole nitrogens is 1. The second-order valence-electron chi connectivity index (χ2n) is 8.87. The summed E-state index contributed by atoms with van der Waals surface area (Å²) in [6, 6.07) is 18.2. The number of nitrogens with zero attached hydrogens (tertiary/aromatic N) is 3. The standard InChI is InChI=1S/C27H26N4O2/c1-18-22(17-19-10-11-23-21(16-19)12-15-33-23)27(32)31-26(28-18)25(30-13-6-3-7-14-30)24(29-31)20-8-4-2-5-9-20/h2,4-5,8-12,15-16,28H,3,6-7,13-14,17H2,1H3. The zero-order valence-corrected chi connectivity index (χ0v) is 18.7. The highest BCUT2D eigenvalue weighted by atomic mass is 16.3. The third-order valence-corrected chi connectivity index (χ3v) is 6.69.